The summed E-state index contributed by atoms with van der Waals surface area (Å²) in [6.07, 6.45) is 4.99. The van der Waals surface area contributed by atoms with Crippen molar-refractivity contribution in [2.45, 2.75) is 51.9 Å². The molecule has 1 nitrogen and oxygen atoms in total. The van der Waals surface area contributed by atoms with Crippen LogP contribution in [0.2, 0.25) is 0 Å². The summed E-state index contributed by atoms with van der Waals surface area (Å²) in [7, 11) is 0. The standard InChI is InChI=1S/C50H43N/c1-34-13-11-21-46-49(34)45-32-31-41(33-47(45)50(46,2)3)51(48-22-10-9-19-44(48)38-14-5-4-6-15-38)40-29-27-36(28-30-40)35-23-25-39(26-24-35)43-20-12-17-37-16-7-8-18-42(37)43/h4-6,9-15,17,19-33H,7-8,16,18H2,1-3H3. The number of fused-ring (bicyclic) bond motifs is 4. The van der Waals surface area contributed by atoms with Gasteiger partial charge in [-0.05, 0) is 130 Å². The number of aryl methyl sites for hydroxylation is 2. The van der Waals surface area contributed by atoms with Crippen LogP contribution in [0.25, 0.3) is 44.5 Å². The summed E-state index contributed by atoms with van der Waals surface area (Å²) in [6.45, 7) is 6.98. The highest BCUT2D eigenvalue weighted by Crippen LogP contribution is 2.52. The minimum atomic E-state index is -0.0909. The number of hydrogen-bond acceptors (Lipinski definition) is 1. The van der Waals surface area contributed by atoms with Crippen molar-refractivity contribution in [3.63, 3.8) is 0 Å². The average Bonchev–Trinajstić information content (AvgIpc) is 3.42. The normalized spacial score (nSPS) is 14.0. The summed E-state index contributed by atoms with van der Waals surface area (Å²) in [4.78, 5) is 2.44. The maximum absolute atomic E-state index is 2.44. The molecule has 0 radical (unpaired) electrons. The van der Waals surface area contributed by atoms with Crippen LogP contribution >= 0.6 is 0 Å². The third-order valence-electron chi connectivity index (χ3n) is 11.4. The van der Waals surface area contributed by atoms with E-state index in [2.05, 4.69) is 183 Å². The Kier molecular flexibility index (Phi) is 7.73. The fourth-order valence-electron chi connectivity index (χ4n) is 8.75. The molecule has 0 spiro atoms. The Bertz CT molecular complexity index is 2380. The Hall–Kier alpha value is -5.66. The monoisotopic (exact) mass is 657 g/mol. The number of nitrogens with zero attached hydrogens (tertiary/aromatic N) is 1. The van der Waals surface area contributed by atoms with Gasteiger partial charge in [-0.25, -0.2) is 0 Å². The predicted molar refractivity (Wildman–Crippen MR) is 216 cm³/mol. The topological polar surface area (TPSA) is 3.24 Å². The highest BCUT2D eigenvalue weighted by Gasteiger charge is 2.36. The fraction of sp³-hybridized carbons (Fsp3) is 0.160. The zero-order valence-electron chi connectivity index (χ0n) is 29.8. The second kappa shape index (κ2) is 12.6. The molecule has 0 heterocycles. The molecule has 2 aliphatic carbocycles. The summed E-state index contributed by atoms with van der Waals surface area (Å²) in [6, 6.07) is 58.6. The maximum Gasteiger partial charge on any atom is 0.0540 e. The van der Waals surface area contributed by atoms with Gasteiger partial charge in [0.05, 0.1) is 5.69 Å². The van der Waals surface area contributed by atoms with Crippen molar-refractivity contribution < 1.29 is 0 Å². The van der Waals surface area contributed by atoms with Crippen LogP contribution < -0.4 is 4.90 Å². The third kappa shape index (κ3) is 5.40. The predicted octanol–water partition coefficient (Wildman–Crippen LogP) is 13.7. The number of anilines is 3. The third-order valence-corrected chi connectivity index (χ3v) is 11.4. The largest absolute Gasteiger partial charge is 0.310 e. The first-order chi connectivity index (χ1) is 25.0. The van der Waals surface area contributed by atoms with Crippen molar-refractivity contribution in [3.8, 4) is 44.5 Å². The molecular weight excluding hydrogens is 615 g/mol. The number of rotatable bonds is 6. The van der Waals surface area contributed by atoms with Gasteiger partial charge in [-0.3, -0.25) is 0 Å². The van der Waals surface area contributed by atoms with Gasteiger partial charge in [-0.2, -0.15) is 0 Å². The van der Waals surface area contributed by atoms with E-state index in [9.17, 15) is 0 Å². The van der Waals surface area contributed by atoms with Crippen LogP contribution in [0.4, 0.5) is 17.1 Å². The lowest BCUT2D eigenvalue weighted by Crippen LogP contribution is -2.17. The van der Waals surface area contributed by atoms with Crippen LogP contribution in [0.15, 0.2) is 158 Å². The molecule has 1 heteroatoms. The molecule has 0 N–H and O–H groups in total. The van der Waals surface area contributed by atoms with Crippen LogP contribution in [0, 0.1) is 6.92 Å². The molecule has 0 bridgehead atoms. The minimum Gasteiger partial charge on any atom is -0.310 e. The first-order valence-electron chi connectivity index (χ1n) is 18.5. The number of hydrogen-bond donors (Lipinski definition) is 0. The van der Waals surface area contributed by atoms with Crippen LogP contribution in [-0.2, 0) is 18.3 Å². The molecule has 248 valence electrons. The Morgan fingerprint density at radius 3 is 1.90 bits per heavy atom. The van der Waals surface area contributed by atoms with Crippen molar-refractivity contribution in [2.24, 2.45) is 0 Å². The van der Waals surface area contributed by atoms with Crippen molar-refractivity contribution in [3.05, 3.63) is 186 Å². The number of para-hydroxylation sites is 1. The quantitative estimate of drug-likeness (QED) is 0.172. The highest BCUT2D eigenvalue weighted by atomic mass is 15.1. The maximum atomic E-state index is 2.44. The molecule has 0 amide bonds. The van der Waals surface area contributed by atoms with Gasteiger partial charge in [0.25, 0.3) is 0 Å². The molecule has 0 atom stereocenters. The zero-order chi connectivity index (χ0) is 34.5. The molecule has 0 aliphatic heterocycles. The molecular formula is C50H43N. The molecule has 7 aromatic rings. The molecule has 0 unspecified atom stereocenters. The molecule has 51 heavy (non-hydrogen) atoms. The Labute approximate surface area is 302 Å². The Morgan fingerprint density at radius 1 is 0.471 bits per heavy atom. The highest BCUT2D eigenvalue weighted by molar-refractivity contribution is 5.91. The minimum absolute atomic E-state index is 0.0909. The lowest BCUT2D eigenvalue weighted by atomic mass is 9.82. The van der Waals surface area contributed by atoms with Crippen LogP contribution in [-0.4, -0.2) is 0 Å². The molecule has 0 saturated carbocycles. The van der Waals surface area contributed by atoms with Gasteiger partial charge in [0.2, 0.25) is 0 Å². The van der Waals surface area contributed by atoms with Gasteiger partial charge in [0, 0.05) is 22.4 Å². The van der Waals surface area contributed by atoms with E-state index in [-0.39, 0.29) is 5.41 Å². The van der Waals surface area contributed by atoms with Crippen molar-refractivity contribution in [1.29, 1.82) is 0 Å². The molecule has 0 fully saturated rings. The van der Waals surface area contributed by atoms with Gasteiger partial charge in [0.1, 0.15) is 0 Å². The van der Waals surface area contributed by atoms with Crippen LogP contribution in [0.5, 0.6) is 0 Å². The lowest BCUT2D eigenvalue weighted by Gasteiger charge is -2.30. The van der Waals surface area contributed by atoms with Gasteiger partial charge >= 0.3 is 0 Å². The summed E-state index contributed by atoms with van der Waals surface area (Å²) in [5.41, 5.74) is 20.9. The van der Waals surface area contributed by atoms with Crippen LogP contribution in [0.1, 0.15) is 54.5 Å². The molecule has 2 aliphatic rings. The Balaban J connectivity index is 1.12. The van der Waals surface area contributed by atoms with Crippen molar-refractivity contribution in [2.75, 3.05) is 4.90 Å². The van der Waals surface area contributed by atoms with E-state index in [0.717, 1.165) is 11.4 Å². The van der Waals surface area contributed by atoms with Crippen molar-refractivity contribution in [1.82, 2.24) is 0 Å². The molecule has 0 aromatic heterocycles. The van der Waals surface area contributed by atoms with E-state index in [1.54, 1.807) is 5.56 Å². The van der Waals surface area contributed by atoms with Crippen LogP contribution in [0.3, 0.4) is 0 Å². The molecule has 9 rings (SSSR count). The molecule has 0 saturated heterocycles. The van der Waals surface area contributed by atoms with E-state index in [1.807, 2.05) is 0 Å². The van der Waals surface area contributed by atoms with Crippen molar-refractivity contribution >= 4 is 17.1 Å². The lowest BCUT2D eigenvalue weighted by molar-refractivity contribution is 0.660. The van der Waals surface area contributed by atoms with Gasteiger partial charge < -0.3 is 4.90 Å². The van der Waals surface area contributed by atoms with E-state index in [0.29, 0.717) is 0 Å². The van der Waals surface area contributed by atoms with E-state index < -0.39 is 0 Å². The van der Waals surface area contributed by atoms with E-state index in [4.69, 9.17) is 0 Å². The second-order valence-corrected chi connectivity index (χ2v) is 14.8. The first-order valence-corrected chi connectivity index (χ1v) is 18.5. The molecule has 7 aromatic carbocycles. The summed E-state index contributed by atoms with van der Waals surface area (Å²) < 4.78 is 0. The number of benzene rings is 7. The van der Waals surface area contributed by atoms with Gasteiger partial charge in [-0.15, -0.1) is 0 Å². The van der Waals surface area contributed by atoms with Gasteiger partial charge in [0.15, 0.2) is 0 Å². The van der Waals surface area contributed by atoms with E-state index in [1.165, 1.54) is 98.1 Å². The second-order valence-electron chi connectivity index (χ2n) is 14.8. The average molecular weight is 658 g/mol. The first kappa shape index (κ1) is 31.3. The smallest absolute Gasteiger partial charge is 0.0540 e. The SMILES string of the molecule is Cc1cccc2c1-c1ccc(N(c3ccc(-c4ccc(-c5cccc6c5CCCC6)cc4)cc3)c3ccccc3-c3ccccc3)cc1C2(C)C. The fourth-order valence-corrected chi connectivity index (χ4v) is 8.75. The Morgan fingerprint density at radius 2 is 1.10 bits per heavy atom. The van der Waals surface area contributed by atoms with E-state index >= 15 is 0 Å². The summed E-state index contributed by atoms with van der Waals surface area (Å²) in [5, 5.41) is 0. The van der Waals surface area contributed by atoms with Gasteiger partial charge in [-0.1, -0.05) is 141 Å². The summed E-state index contributed by atoms with van der Waals surface area (Å²) >= 11 is 0. The zero-order valence-corrected chi connectivity index (χ0v) is 29.8. The summed E-state index contributed by atoms with van der Waals surface area (Å²) in [5.74, 6) is 0.